The maximum atomic E-state index is 3.61. The molecule has 0 aromatic carbocycles. The van der Waals surface area contributed by atoms with E-state index in [1.54, 1.807) is 0 Å². The summed E-state index contributed by atoms with van der Waals surface area (Å²) in [6.07, 6.45) is 6.19. The van der Waals surface area contributed by atoms with Crippen LogP contribution in [0, 0.1) is 6.92 Å². The summed E-state index contributed by atoms with van der Waals surface area (Å²) >= 11 is 3.81. The van der Waals surface area contributed by atoms with Gasteiger partial charge in [-0.1, -0.05) is 6.42 Å². The Morgan fingerprint density at radius 3 is 2.81 bits per heavy atom. The van der Waals surface area contributed by atoms with Crippen molar-refractivity contribution in [1.82, 2.24) is 5.32 Å². The summed E-state index contributed by atoms with van der Waals surface area (Å²) in [5.74, 6) is 1.31. The molecule has 0 saturated heterocycles. The number of thiophene rings is 1. The molecule has 0 bridgehead atoms. The van der Waals surface area contributed by atoms with Crippen LogP contribution < -0.4 is 5.32 Å². The minimum absolute atomic E-state index is 0.514. The maximum absolute atomic E-state index is 3.61. The summed E-state index contributed by atoms with van der Waals surface area (Å²) in [7, 11) is 0. The van der Waals surface area contributed by atoms with Gasteiger partial charge in [0.15, 0.2) is 0 Å². The standard InChI is InChI=1S/C13H23NS2/c1-11-7-10-16-13(11)12(2)14-8-5-4-6-9-15-3/h7,10,12,14H,4-6,8-9H2,1-3H3. The van der Waals surface area contributed by atoms with E-state index < -0.39 is 0 Å². The van der Waals surface area contributed by atoms with Crippen molar-refractivity contribution in [2.45, 2.75) is 39.2 Å². The molecule has 0 aliphatic heterocycles. The predicted octanol–water partition coefficient (Wildman–Crippen LogP) is 4.24. The first-order valence-electron chi connectivity index (χ1n) is 6.02. The lowest BCUT2D eigenvalue weighted by Gasteiger charge is -2.13. The predicted molar refractivity (Wildman–Crippen MR) is 77.7 cm³/mol. The SMILES string of the molecule is CSCCCCCNC(C)c1sccc1C. The summed E-state index contributed by atoms with van der Waals surface area (Å²) in [6.45, 7) is 5.61. The Morgan fingerprint density at radius 1 is 1.38 bits per heavy atom. The molecule has 0 aliphatic carbocycles. The van der Waals surface area contributed by atoms with Crippen LogP contribution in [0.2, 0.25) is 0 Å². The highest BCUT2D eigenvalue weighted by molar-refractivity contribution is 7.98. The van der Waals surface area contributed by atoms with Crippen molar-refractivity contribution < 1.29 is 0 Å². The van der Waals surface area contributed by atoms with Crippen molar-refractivity contribution in [2.24, 2.45) is 0 Å². The van der Waals surface area contributed by atoms with Gasteiger partial charge in [0.1, 0.15) is 0 Å². The molecule has 1 heterocycles. The normalized spacial score (nSPS) is 12.9. The largest absolute Gasteiger partial charge is 0.309 e. The lowest BCUT2D eigenvalue weighted by molar-refractivity contribution is 0.549. The number of thioether (sulfide) groups is 1. The Hall–Kier alpha value is 0.0100. The van der Waals surface area contributed by atoms with Gasteiger partial charge in [-0.2, -0.15) is 11.8 Å². The molecule has 0 spiro atoms. The van der Waals surface area contributed by atoms with Crippen LogP contribution in [0.15, 0.2) is 11.4 Å². The highest BCUT2D eigenvalue weighted by Crippen LogP contribution is 2.23. The van der Waals surface area contributed by atoms with Crippen molar-refractivity contribution in [1.29, 1.82) is 0 Å². The van der Waals surface area contributed by atoms with Gasteiger partial charge < -0.3 is 5.32 Å². The molecule has 16 heavy (non-hydrogen) atoms. The third kappa shape index (κ3) is 4.89. The van der Waals surface area contributed by atoms with Crippen molar-refractivity contribution in [3.05, 3.63) is 21.9 Å². The zero-order valence-electron chi connectivity index (χ0n) is 10.6. The molecule has 1 aromatic rings. The Kier molecular flexibility index (Phi) is 7.17. The fourth-order valence-corrected chi connectivity index (χ4v) is 3.24. The van der Waals surface area contributed by atoms with Gasteiger partial charge >= 0.3 is 0 Å². The Balaban J connectivity index is 2.11. The molecule has 1 atom stereocenters. The lowest BCUT2D eigenvalue weighted by atomic mass is 10.2. The van der Waals surface area contributed by atoms with Crippen molar-refractivity contribution in [3.63, 3.8) is 0 Å². The van der Waals surface area contributed by atoms with E-state index in [2.05, 4.69) is 36.9 Å². The Labute approximate surface area is 108 Å². The number of aryl methyl sites for hydroxylation is 1. The van der Waals surface area contributed by atoms with E-state index in [1.165, 1.54) is 35.5 Å². The fraction of sp³-hybridized carbons (Fsp3) is 0.692. The molecular formula is C13H23NS2. The first-order chi connectivity index (χ1) is 7.75. The number of hydrogen-bond acceptors (Lipinski definition) is 3. The molecule has 0 fully saturated rings. The molecule has 92 valence electrons. The van der Waals surface area contributed by atoms with E-state index >= 15 is 0 Å². The molecule has 1 nitrogen and oxygen atoms in total. The van der Waals surface area contributed by atoms with Crippen LogP contribution in [0.4, 0.5) is 0 Å². The Bertz CT molecular complexity index is 283. The van der Waals surface area contributed by atoms with Gasteiger partial charge in [-0.3, -0.25) is 0 Å². The molecule has 1 rings (SSSR count). The van der Waals surface area contributed by atoms with Crippen LogP contribution in [0.25, 0.3) is 0 Å². The summed E-state index contributed by atoms with van der Waals surface area (Å²) in [6, 6.07) is 2.72. The highest BCUT2D eigenvalue weighted by Gasteiger charge is 2.08. The average Bonchev–Trinajstić information content (AvgIpc) is 2.69. The van der Waals surface area contributed by atoms with Crippen LogP contribution in [0.3, 0.4) is 0 Å². The number of rotatable bonds is 8. The third-order valence-corrected chi connectivity index (χ3v) is 4.67. The van der Waals surface area contributed by atoms with Gasteiger partial charge in [0.05, 0.1) is 0 Å². The van der Waals surface area contributed by atoms with E-state index in [0.717, 1.165) is 6.54 Å². The molecule has 0 radical (unpaired) electrons. The number of nitrogens with one attached hydrogen (secondary N) is 1. The molecule has 0 amide bonds. The first-order valence-corrected chi connectivity index (χ1v) is 8.29. The van der Waals surface area contributed by atoms with Crippen molar-refractivity contribution in [3.8, 4) is 0 Å². The fourth-order valence-electron chi connectivity index (χ4n) is 1.79. The van der Waals surface area contributed by atoms with E-state index in [9.17, 15) is 0 Å². The van der Waals surface area contributed by atoms with Gasteiger partial charge in [-0.05, 0) is 62.3 Å². The minimum Gasteiger partial charge on any atom is -0.309 e. The van der Waals surface area contributed by atoms with Gasteiger partial charge in [-0.15, -0.1) is 11.3 Å². The quantitative estimate of drug-likeness (QED) is 0.699. The van der Waals surface area contributed by atoms with Crippen LogP contribution in [0.5, 0.6) is 0 Å². The topological polar surface area (TPSA) is 12.0 Å². The van der Waals surface area contributed by atoms with Gasteiger partial charge in [0.25, 0.3) is 0 Å². The molecular weight excluding hydrogens is 234 g/mol. The van der Waals surface area contributed by atoms with Crippen LogP contribution in [-0.2, 0) is 0 Å². The van der Waals surface area contributed by atoms with Gasteiger partial charge in [0.2, 0.25) is 0 Å². The van der Waals surface area contributed by atoms with E-state index in [-0.39, 0.29) is 0 Å². The van der Waals surface area contributed by atoms with Crippen molar-refractivity contribution in [2.75, 3.05) is 18.6 Å². The molecule has 1 N–H and O–H groups in total. The summed E-state index contributed by atoms with van der Waals surface area (Å²) < 4.78 is 0. The second-order valence-corrected chi connectivity index (χ2v) is 6.13. The zero-order chi connectivity index (χ0) is 11.8. The van der Waals surface area contributed by atoms with Crippen LogP contribution in [-0.4, -0.2) is 18.6 Å². The second kappa shape index (κ2) is 8.15. The third-order valence-electron chi connectivity index (χ3n) is 2.77. The van der Waals surface area contributed by atoms with Crippen LogP contribution in [0.1, 0.15) is 42.7 Å². The lowest BCUT2D eigenvalue weighted by Crippen LogP contribution is -2.19. The van der Waals surface area contributed by atoms with Gasteiger partial charge in [0, 0.05) is 10.9 Å². The zero-order valence-corrected chi connectivity index (χ0v) is 12.2. The molecule has 0 saturated carbocycles. The van der Waals surface area contributed by atoms with Gasteiger partial charge in [-0.25, -0.2) is 0 Å². The number of hydrogen-bond donors (Lipinski definition) is 1. The monoisotopic (exact) mass is 257 g/mol. The molecule has 1 unspecified atom stereocenters. The van der Waals surface area contributed by atoms with E-state index in [1.807, 2.05) is 23.1 Å². The average molecular weight is 257 g/mol. The first kappa shape index (κ1) is 14.1. The van der Waals surface area contributed by atoms with Crippen LogP contribution >= 0.6 is 23.1 Å². The highest BCUT2D eigenvalue weighted by atomic mass is 32.2. The summed E-state index contributed by atoms with van der Waals surface area (Å²) in [4.78, 5) is 1.49. The number of unbranched alkanes of at least 4 members (excludes halogenated alkanes) is 2. The molecule has 1 aromatic heterocycles. The molecule has 0 aliphatic rings. The Morgan fingerprint density at radius 2 is 2.19 bits per heavy atom. The molecule has 3 heteroatoms. The smallest absolute Gasteiger partial charge is 0.0388 e. The second-order valence-electron chi connectivity index (χ2n) is 4.20. The summed E-state index contributed by atoms with van der Waals surface area (Å²) in [5.41, 5.74) is 1.42. The van der Waals surface area contributed by atoms with E-state index in [0.29, 0.717) is 6.04 Å². The minimum atomic E-state index is 0.514. The van der Waals surface area contributed by atoms with Crippen molar-refractivity contribution >= 4 is 23.1 Å². The summed E-state index contributed by atoms with van der Waals surface area (Å²) in [5, 5.41) is 5.79. The van der Waals surface area contributed by atoms with E-state index in [4.69, 9.17) is 0 Å². The maximum Gasteiger partial charge on any atom is 0.0388 e.